The summed E-state index contributed by atoms with van der Waals surface area (Å²) in [5.74, 6) is 0.182. The van der Waals surface area contributed by atoms with Crippen LogP contribution in [0.3, 0.4) is 0 Å². The lowest BCUT2D eigenvalue weighted by atomic mass is 10.0. The third-order valence-electron chi connectivity index (χ3n) is 3.69. The maximum atomic E-state index is 12.5. The van der Waals surface area contributed by atoms with E-state index in [-0.39, 0.29) is 17.9 Å². The first kappa shape index (κ1) is 15.5. The number of hydrogen-bond acceptors (Lipinski definition) is 4. The number of ether oxygens (including phenoxy) is 1. The molecule has 1 unspecified atom stereocenters. The standard InChI is InChI=1S/C15H24N2O2S/c1-11(2)14(16)15(18)17(9-12-5-3-7-19-12)10-13-6-4-8-20-13/h4,6,8,11-12,14H,3,5,7,9-10,16H2,1-2H3/t12?,14-/m0/s1. The minimum atomic E-state index is -0.434. The normalized spacial score (nSPS) is 20.3. The zero-order valence-corrected chi connectivity index (χ0v) is 13.1. The van der Waals surface area contributed by atoms with E-state index < -0.39 is 6.04 Å². The van der Waals surface area contributed by atoms with Gasteiger partial charge in [-0.15, -0.1) is 11.3 Å². The molecule has 0 aliphatic carbocycles. The molecule has 1 saturated heterocycles. The van der Waals surface area contributed by atoms with Crippen LogP contribution in [0.25, 0.3) is 0 Å². The molecule has 0 aromatic carbocycles. The van der Waals surface area contributed by atoms with E-state index >= 15 is 0 Å². The van der Waals surface area contributed by atoms with Gasteiger partial charge in [0.15, 0.2) is 0 Å². The van der Waals surface area contributed by atoms with Gasteiger partial charge in [0.05, 0.1) is 18.7 Å². The molecule has 1 aromatic heterocycles. The van der Waals surface area contributed by atoms with Crippen LogP contribution in [0.5, 0.6) is 0 Å². The Hall–Kier alpha value is -0.910. The lowest BCUT2D eigenvalue weighted by molar-refractivity contribution is -0.135. The first-order chi connectivity index (χ1) is 9.58. The van der Waals surface area contributed by atoms with Gasteiger partial charge < -0.3 is 15.4 Å². The van der Waals surface area contributed by atoms with Crippen molar-refractivity contribution in [2.24, 2.45) is 11.7 Å². The van der Waals surface area contributed by atoms with Gasteiger partial charge in [-0.2, -0.15) is 0 Å². The van der Waals surface area contributed by atoms with E-state index in [0.29, 0.717) is 13.1 Å². The van der Waals surface area contributed by atoms with Crippen LogP contribution in [0.4, 0.5) is 0 Å². The summed E-state index contributed by atoms with van der Waals surface area (Å²) in [5.41, 5.74) is 6.04. The second kappa shape index (κ2) is 7.20. The summed E-state index contributed by atoms with van der Waals surface area (Å²) in [4.78, 5) is 15.6. The van der Waals surface area contributed by atoms with Gasteiger partial charge in [-0.1, -0.05) is 19.9 Å². The first-order valence-corrected chi connectivity index (χ1v) is 8.14. The van der Waals surface area contributed by atoms with Crippen molar-refractivity contribution in [1.29, 1.82) is 0 Å². The van der Waals surface area contributed by atoms with E-state index in [0.717, 1.165) is 19.4 Å². The summed E-state index contributed by atoms with van der Waals surface area (Å²) >= 11 is 1.67. The fourth-order valence-electron chi connectivity index (χ4n) is 2.35. The van der Waals surface area contributed by atoms with Crippen molar-refractivity contribution in [2.45, 2.75) is 45.4 Å². The first-order valence-electron chi connectivity index (χ1n) is 7.26. The SMILES string of the molecule is CC(C)[C@H](N)C(=O)N(Cc1cccs1)CC1CCCO1. The number of amides is 1. The molecule has 0 spiro atoms. The molecule has 2 heterocycles. The monoisotopic (exact) mass is 296 g/mol. The van der Waals surface area contributed by atoms with Crippen LogP contribution < -0.4 is 5.73 Å². The van der Waals surface area contributed by atoms with Crippen LogP contribution >= 0.6 is 11.3 Å². The molecular formula is C15H24N2O2S. The van der Waals surface area contributed by atoms with Crippen LogP contribution in [0.1, 0.15) is 31.6 Å². The molecular weight excluding hydrogens is 272 g/mol. The van der Waals surface area contributed by atoms with Crippen molar-refractivity contribution in [1.82, 2.24) is 4.90 Å². The van der Waals surface area contributed by atoms with Crippen molar-refractivity contribution < 1.29 is 9.53 Å². The highest BCUT2D eigenvalue weighted by Crippen LogP contribution is 2.18. The van der Waals surface area contributed by atoms with E-state index in [9.17, 15) is 4.79 Å². The molecule has 2 rings (SSSR count). The Kier molecular flexibility index (Phi) is 5.57. The lowest BCUT2D eigenvalue weighted by Crippen LogP contribution is -2.48. The Balaban J connectivity index is 2.03. The maximum Gasteiger partial charge on any atom is 0.240 e. The lowest BCUT2D eigenvalue weighted by Gasteiger charge is -2.29. The minimum absolute atomic E-state index is 0.0314. The number of hydrogen-bond donors (Lipinski definition) is 1. The van der Waals surface area contributed by atoms with Crippen molar-refractivity contribution in [3.63, 3.8) is 0 Å². The highest BCUT2D eigenvalue weighted by atomic mass is 32.1. The van der Waals surface area contributed by atoms with Crippen molar-refractivity contribution in [2.75, 3.05) is 13.2 Å². The van der Waals surface area contributed by atoms with Gasteiger partial charge in [-0.05, 0) is 30.2 Å². The van der Waals surface area contributed by atoms with Crippen LogP contribution in [-0.4, -0.2) is 36.1 Å². The van der Waals surface area contributed by atoms with E-state index in [1.54, 1.807) is 11.3 Å². The van der Waals surface area contributed by atoms with Crippen molar-refractivity contribution in [3.05, 3.63) is 22.4 Å². The summed E-state index contributed by atoms with van der Waals surface area (Å²) in [6, 6.07) is 3.63. The molecule has 1 aliphatic rings. The quantitative estimate of drug-likeness (QED) is 0.876. The summed E-state index contributed by atoms with van der Waals surface area (Å²) in [5, 5.41) is 2.03. The van der Waals surface area contributed by atoms with Crippen molar-refractivity contribution in [3.8, 4) is 0 Å². The third kappa shape index (κ3) is 4.04. The van der Waals surface area contributed by atoms with Gasteiger partial charge in [-0.3, -0.25) is 4.79 Å². The highest BCUT2D eigenvalue weighted by Gasteiger charge is 2.27. The molecule has 2 N–H and O–H groups in total. The molecule has 0 radical (unpaired) electrons. The number of nitrogens with zero attached hydrogens (tertiary/aromatic N) is 1. The fourth-order valence-corrected chi connectivity index (χ4v) is 3.07. The van der Waals surface area contributed by atoms with Crippen molar-refractivity contribution >= 4 is 17.2 Å². The number of rotatable bonds is 6. The number of carbonyl (C=O) groups is 1. The molecule has 20 heavy (non-hydrogen) atoms. The van der Waals surface area contributed by atoms with Gasteiger partial charge in [0, 0.05) is 18.0 Å². The molecule has 1 aromatic rings. The summed E-state index contributed by atoms with van der Waals surface area (Å²) < 4.78 is 5.66. The Morgan fingerprint density at radius 1 is 1.60 bits per heavy atom. The summed E-state index contributed by atoms with van der Waals surface area (Å²) in [7, 11) is 0. The predicted molar refractivity (Wildman–Crippen MR) is 81.5 cm³/mol. The van der Waals surface area contributed by atoms with Crippen LogP contribution in [0, 0.1) is 5.92 Å². The van der Waals surface area contributed by atoms with Gasteiger partial charge in [0.1, 0.15) is 0 Å². The topological polar surface area (TPSA) is 55.6 Å². The number of thiophene rings is 1. The van der Waals surface area contributed by atoms with Gasteiger partial charge in [0.2, 0.25) is 5.91 Å². The van der Waals surface area contributed by atoms with Gasteiger partial charge in [-0.25, -0.2) is 0 Å². The molecule has 1 fully saturated rings. The zero-order valence-electron chi connectivity index (χ0n) is 12.2. The van der Waals surface area contributed by atoms with E-state index in [1.165, 1.54) is 4.88 Å². The highest BCUT2D eigenvalue weighted by molar-refractivity contribution is 7.09. The predicted octanol–water partition coefficient (Wildman–Crippen LogP) is 2.24. The third-order valence-corrected chi connectivity index (χ3v) is 4.55. The van der Waals surface area contributed by atoms with E-state index in [4.69, 9.17) is 10.5 Å². The molecule has 0 saturated carbocycles. The summed E-state index contributed by atoms with van der Waals surface area (Å²) in [6.07, 6.45) is 2.28. The Morgan fingerprint density at radius 3 is 2.95 bits per heavy atom. The molecule has 4 nitrogen and oxygen atoms in total. The second-order valence-electron chi connectivity index (χ2n) is 5.70. The largest absolute Gasteiger partial charge is 0.376 e. The molecule has 112 valence electrons. The number of nitrogens with two attached hydrogens (primary N) is 1. The maximum absolute atomic E-state index is 12.5. The summed E-state index contributed by atoms with van der Waals surface area (Å²) in [6.45, 7) is 6.06. The Bertz CT molecular complexity index is 414. The zero-order chi connectivity index (χ0) is 14.5. The molecule has 1 aliphatic heterocycles. The average Bonchev–Trinajstić information content (AvgIpc) is 3.09. The van der Waals surface area contributed by atoms with Crippen LogP contribution in [0.15, 0.2) is 17.5 Å². The van der Waals surface area contributed by atoms with Gasteiger partial charge in [0.25, 0.3) is 0 Å². The molecule has 0 bridgehead atoms. The average molecular weight is 296 g/mol. The second-order valence-corrected chi connectivity index (χ2v) is 6.74. The molecule has 2 atom stereocenters. The Labute approximate surface area is 124 Å². The Morgan fingerprint density at radius 2 is 2.40 bits per heavy atom. The minimum Gasteiger partial charge on any atom is -0.376 e. The molecule has 1 amide bonds. The van der Waals surface area contributed by atoms with Gasteiger partial charge >= 0.3 is 0 Å². The van der Waals surface area contributed by atoms with Crippen LogP contribution in [-0.2, 0) is 16.1 Å². The smallest absolute Gasteiger partial charge is 0.240 e. The van der Waals surface area contributed by atoms with Crippen LogP contribution in [0.2, 0.25) is 0 Å². The molecule has 5 heteroatoms. The fraction of sp³-hybridized carbons (Fsp3) is 0.667. The van der Waals surface area contributed by atoms with E-state index in [2.05, 4.69) is 6.07 Å². The van der Waals surface area contributed by atoms with E-state index in [1.807, 2.05) is 30.2 Å². The number of carbonyl (C=O) groups excluding carboxylic acids is 1.